The molecular formula is C13H19N3O. The maximum Gasteiger partial charge on any atom is 0.105 e. The highest BCUT2D eigenvalue weighted by molar-refractivity contribution is 5.24. The van der Waals surface area contributed by atoms with E-state index in [-0.39, 0.29) is 6.04 Å². The third-order valence-corrected chi connectivity index (χ3v) is 3.08. The fourth-order valence-corrected chi connectivity index (χ4v) is 2.01. The molecule has 0 saturated carbocycles. The van der Waals surface area contributed by atoms with E-state index in [0.717, 1.165) is 23.8 Å². The summed E-state index contributed by atoms with van der Waals surface area (Å²) in [4.78, 5) is 0. The molecule has 0 aliphatic heterocycles. The third kappa shape index (κ3) is 2.58. The normalized spacial score (nSPS) is 12.9. The van der Waals surface area contributed by atoms with Gasteiger partial charge in [0.05, 0.1) is 6.20 Å². The van der Waals surface area contributed by atoms with Gasteiger partial charge in [-0.2, -0.15) is 5.10 Å². The van der Waals surface area contributed by atoms with Crippen molar-refractivity contribution in [3.8, 4) is 0 Å². The van der Waals surface area contributed by atoms with Crippen molar-refractivity contribution in [3.63, 3.8) is 0 Å². The van der Waals surface area contributed by atoms with Gasteiger partial charge < -0.3 is 9.73 Å². The van der Waals surface area contributed by atoms with Gasteiger partial charge in [0.1, 0.15) is 11.5 Å². The molecule has 0 spiro atoms. The minimum Gasteiger partial charge on any atom is -0.466 e. The standard InChI is InChI=1S/C13H19N3O/c1-8-5-13(11(4)17-8)10(3)14-6-12-7-15-16-9(12)2/h5,7,10,14H,6H2,1-4H3,(H,15,16)/t10-/m1/s1. The molecule has 4 nitrogen and oxygen atoms in total. The number of hydrogen-bond acceptors (Lipinski definition) is 3. The van der Waals surface area contributed by atoms with Crippen LogP contribution in [-0.4, -0.2) is 10.2 Å². The Bertz CT molecular complexity index is 498. The zero-order valence-electron chi connectivity index (χ0n) is 10.8. The molecule has 2 heterocycles. The number of rotatable bonds is 4. The number of H-pyrrole nitrogens is 1. The first-order chi connectivity index (χ1) is 8.08. The molecule has 2 rings (SSSR count). The van der Waals surface area contributed by atoms with Gasteiger partial charge in [0.2, 0.25) is 0 Å². The summed E-state index contributed by atoms with van der Waals surface area (Å²) in [5, 5.41) is 10.4. The maximum atomic E-state index is 5.54. The first-order valence-electron chi connectivity index (χ1n) is 5.87. The summed E-state index contributed by atoms with van der Waals surface area (Å²) in [7, 11) is 0. The molecule has 2 N–H and O–H groups in total. The molecule has 2 aromatic heterocycles. The van der Waals surface area contributed by atoms with Crippen LogP contribution >= 0.6 is 0 Å². The third-order valence-electron chi connectivity index (χ3n) is 3.08. The Hall–Kier alpha value is -1.55. The molecule has 0 fully saturated rings. The van der Waals surface area contributed by atoms with E-state index in [1.165, 1.54) is 11.1 Å². The molecule has 4 heteroatoms. The van der Waals surface area contributed by atoms with Crippen molar-refractivity contribution in [1.29, 1.82) is 0 Å². The van der Waals surface area contributed by atoms with Gasteiger partial charge in [-0.1, -0.05) is 0 Å². The fraction of sp³-hybridized carbons (Fsp3) is 0.462. The number of furan rings is 1. The molecule has 0 unspecified atom stereocenters. The van der Waals surface area contributed by atoms with Crippen LogP contribution in [0.5, 0.6) is 0 Å². The van der Waals surface area contributed by atoms with Crippen LogP contribution in [0.1, 0.15) is 41.3 Å². The van der Waals surface area contributed by atoms with Crippen molar-refractivity contribution in [2.75, 3.05) is 0 Å². The Kier molecular flexibility index (Phi) is 3.33. The van der Waals surface area contributed by atoms with Crippen LogP contribution in [0, 0.1) is 20.8 Å². The van der Waals surface area contributed by atoms with Crippen molar-refractivity contribution >= 4 is 0 Å². The lowest BCUT2D eigenvalue weighted by Crippen LogP contribution is -2.18. The number of aryl methyl sites for hydroxylation is 3. The number of nitrogens with zero attached hydrogens (tertiary/aromatic N) is 1. The molecule has 0 aliphatic rings. The molecule has 0 aromatic carbocycles. The van der Waals surface area contributed by atoms with Gasteiger partial charge >= 0.3 is 0 Å². The summed E-state index contributed by atoms with van der Waals surface area (Å²) in [5.74, 6) is 1.96. The zero-order valence-corrected chi connectivity index (χ0v) is 10.8. The van der Waals surface area contributed by atoms with Crippen LogP contribution in [0.3, 0.4) is 0 Å². The maximum absolute atomic E-state index is 5.54. The van der Waals surface area contributed by atoms with Crippen molar-refractivity contribution in [1.82, 2.24) is 15.5 Å². The second-order valence-corrected chi connectivity index (χ2v) is 4.49. The number of aromatic amines is 1. The van der Waals surface area contributed by atoms with Gasteiger partial charge in [-0.25, -0.2) is 0 Å². The highest BCUT2D eigenvalue weighted by Crippen LogP contribution is 2.21. The molecule has 0 aliphatic carbocycles. The fourth-order valence-electron chi connectivity index (χ4n) is 2.01. The molecule has 0 bridgehead atoms. The van der Waals surface area contributed by atoms with Gasteiger partial charge in [-0.15, -0.1) is 0 Å². The monoisotopic (exact) mass is 233 g/mol. The van der Waals surface area contributed by atoms with Crippen molar-refractivity contribution < 1.29 is 4.42 Å². The highest BCUT2D eigenvalue weighted by atomic mass is 16.3. The van der Waals surface area contributed by atoms with Gasteiger partial charge in [-0.05, 0) is 33.8 Å². The summed E-state index contributed by atoms with van der Waals surface area (Å²) in [6.07, 6.45) is 1.86. The molecule has 0 amide bonds. The first kappa shape index (κ1) is 11.9. The predicted octanol–water partition coefficient (Wildman–Crippen LogP) is 2.78. The van der Waals surface area contributed by atoms with Crippen LogP contribution in [-0.2, 0) is 6.54 Å². The van der Waals surface area contributed by atoms with Gasteiger partial charge in [0.15, 0.2) is 0 Å². The average molecular weight is 233 g/mol. The second-order valence-electron chi connectivity index (χ2n) is 4.49. The van der Waals surface area contributed by atoms with Gasteiger partial charge in [0, 0.05) is 29.4 Å². The summed E-state index contributed by atoms with van der Waals surface area (Å²) in [6.45, 7) is 8.97. The SMILES string of the molecule is Cc1cc([C@@H](C)NCc2cn[nH]c2C)c(C)o1. The topological polar surface area (TPSA) is 53.9 Å². The number of nitrogens with one attached hydrogen (secondary N) is 2. The highest BCUT2D eigenvalue weighted by Gasteiger charge is 2.12. The van der Waals surface area contributed by atoms with E-state index in [2.05, 4.69) is 28.5 Å². The molecule has 0 radical (unpaired) electrons. The lowest BCUT2D eigenvalue weighted by molar-refractivity contribution is 0.489. The molecule has 2 aromatic rings. The van der Waals surface area contributed by atoms with Gasteiger partial charge in [0.25, 0.3) is 0 Å². The summed E-state index contributed by atoms with van der Waals surface area (Å²) in [5.41, 5.74) is 3.54. The minimum absolute atomic E-state index is 0.279. The van der Waals surface area contributed by atoms with Crippen LogP contribution in [0.4, 0.5) is 0 Å². The molecular weight excluding hydrogens is 214 g/mol. The van der Waals surface area contributed by atoms with E-state index in [0.29, 0.717) is 0 Å². The Morgan fingerprint density at radius 3 is 2.71 bits per heavy atom. The van der Waals surface area contributed by atoms with Crippen molar-refractivity contribution in [2.45, 2.75) is 40.3 Å². The van der Waals surface area contributed by atoms with Crippen LogP contribution in [0.25, 0.3) is 0 Å². The van der Waals surface area contributed by atoms with E-state index < -0.39 is 0 Å². The van der Waals surface area contributed by atoms with Crippen LogP contribution < -0.4 is 5.32 Å². The van der Waals surface area contributed by atoms with E-state index >= 15 is 0 Å². The molecule has 92 valence electrons. The van der Waals surface area contributed by atoms with E-state index in [1.807, 2.05) is 27.0 Å². The predicted molar refractivity (Wildman–Crippen MR) is 66.8 cm³/mol. The number of hydrogen-bond donors (Lipinski definition) is 2. The number of aromatic nitrogens is 2. The lowest BCUT2D eigenvalue weighted by atomic mass is 10.1. The Labute approximate surface area is 101 Å². The van der Waals surface area contributed by atoms with Crippen molar-refractivity contribution in [2.24, 2.45) is 0 Å². The van der Waals surface area contributed by atoms with Crippen molar-refractivity contribution in [3.05, 3.63) is 40.6 Å². The summed E-state index contributed by atoms with van der Waals surface area (Å²) in [6, 6.07) is 2.37. The first-order valence-corrected chi connectivity index (χ1v) is 5.87. The molecule has 0 saturated heterocycles. The lowest BCUT2D eigenvalue weighted by Gasteiger charge is -2.12. The molecule has 1 atom stereocenters. The van der Waals surface area contributed by atoms with Crippen LogP contribution in [0.15, 0.2) is 16.7 Å². The van der Waals surface area contributed by atoms with Gasteiger partial charge in [-0.3, -0.25) is 5.10 Å². The van der Waals surface area contributed by atoms with E-state index in [1.54, 1.807) is 0 Å². The quantitative estimate of drug-likeness (QED) is 0.853. The Morgan fingerprint density at radius 2 is 2.18 bits per heavy atom. The van der Waals surface area contributed by atoms with E-state index in [4.69, 9.17) is 4.42 Å². The largest absolute Gasteiger partial charge is 0.466 e. The summed E-state index contributed by atoms with van der Waals surface area (Å²) < 4.78 is 5.54. The van der Waals surface area contributed by atoms with Crippen LogP contribution in [0.2, 0.25) is 0 Å². The van der Waals surface area contributed by atoms with E-state index in [9.17, 15) is 0 Å². The Balaban J connectivity index is 2.00. The minimum atomic E-state index is 0.279. The second kappa shape index (κ2) is 4.75. The molecule has 17 heavy (non-hydrogen) atoms. The Morgan fingerprint density at radius 1 is 1.41 bits per heavy atom. The summed E-state index contributed by atoms with van der Waals surface area (Å²) >= 11 is 0. The average Bonchev–Trinajstić information content (AvgIpc) is 2.81. The smallest absolute Gasteiger partial charge is 0.105 e. The zero-order chi connectivity index (χ0) is 12.4.